The fourth-order valence-corrected chi connectivity index (χ4v) is 2.44. The number of anilines is 1. The average molecular weight is 306 g/mol. The Kier molecular flexibility index (Phi) is 4.23. The smallest absolute Gasteiger partial charge is 0.339 e. The molecule has 1 aromatic heterocycles. The zero-order valence-electron chi connectivity index (χ0n) is 11.5. The fraction of sp³-hybridized carbons (Fsp3) is 0.214. The zero-order chi connectivity index (χ0) is 15.6. The molecule has 0 saturated carbocycles. The van der Waals surface area contributed by atoms with Crippen LogP contribution in [0.3, 0.4) is 0 Å². The van der Waals surface area contributed by atoms with Crippen molar-refractivity contribution < 1.29 is 19.8 Å². The lowest BCUT2D eigenvalue weighted by molar-refractivity contribution is 0.0693. The molecule has 0 aliphatic carbocycles. The number of nitrogens with one attached hydrogen (secondary N) is 1. The van der Waals surface area contributed by atoms with Crippen molar-refractivity contribution in [1.82, 2.24) is 4.98 Å². The second kappa shape index (κ2) is 5.92. The topological polar surface area (TPSA) is 99.5 Å². The molecule has 0 radical (unpaired) electrons. The molecule has 6 nitrogen and oxygen atoms in total. The van der Waals surface area contributed by atoms with Gasteiger partial charge < -0.3 is 10.2 Å². The van der Waals surface area contributed by atoms with E-state index in [0.717, 1.165) is 10.9 Å². The van der Waals surface area contributed by atoms with Crippen LogP contribution in [-0.4, -0.2) is 27.1 Å². The number of carbonyl (C=O) groups is 2. The summed E-state index contributed by atoms with van der Waals surface area (Å²) < 4.78 is 0. The minimum Gasteiger partial charge on any atom is -0.507 e. The third-order valence-electron chi connectivity index (χ3n) is 2.80. The summed E-state index contributed by atoms with van der Waals surface area (Å²) in [5.74, 6) is -1.82. The summed E-state index contributed by atoms with van der Waals surface area (Å²) >= 11 is 1.37. The largest absolute Gasteiger partial charge is 0.507 e. The highest BCUT2D eigenvalue weighted by atomic mass is 32.1. The van der Waals surface area contributed by atoms with Gasteiger partial charge in [0.15, 0.2) is 5.13 Å². The Labute approximate surface area is 125 Å². The highest BCUT2D eigenvalue weighted by Gasteiger charge is 2.15. The maximum absolute atomic E-state index is 12.1. The van der Waals surface area contributed by atoms with Crippen LogP contribution >= 0.6 is 11.3 Å². The number of aromatic hydroxyl groups is 1. The van der Waals surface area contributed by atoms with E-state index >= 15 is 0 Å². The van der Waals surface area contributed by atoms with Gasteiger partial charge in [0.05, 0.1) is 0 Å². The molecular formula is C14H14N2O4S. The van der Waals surface area contributed by atoms with Gasteiger partial charge in [-0.2, -0.15) is 0 Å². The van der Waals surface area contributed by atoms with Crippen molar-refractivity contribution in [3.8, 4) is 5.75 Å². The third-order valence-corrected chi connectivity index (χ3v) is 4.02. The molecule has 0 spiro atoms. The molecule has 1 aromatic carbocycles. The van der Waals surface area contributed by atoms with Gasteiger partial charge in [-0.15, -0.1) is 11.3 Å². The van der Waals surface area contributed by atoms with E-state index in [1.54, 1.807) is 6.20 Å². The minimum atomic E-state index is -1.29. The molecule has 0 bridgehead atoms. The minimum absolute atomic E-state index is 0.145. The van der Waals surface area contributed by atoms with Gasteiger partial charge in [-0.3, -0.25) is 10.1 Å². The summed E-state index contributed by atoms with van der Waals surface area (Å²) in [6, 6.07) is 3.66. The fourth-order valence-electron chi connectivity index (χ4n) is 1.63. The average Bonchev–Trinajstić information content (AvgIpc) is 2.87. The lowest BCUT2D eigenvalue weighted by Gasteiger charge is -2.04. The molecule has 2 rings (SSSR count). The first kappa shape index (κ1) is 15.0. The number of hydrogen-bond acceptors (Lipinski definition) is 5. The quantitative estimate of drug-likeness (QED) is 0.806. The van der Waals surface area contributed by atoms with Crippen LogP contribution in [0, 0.1) is 0 Å². The number of phenols is 1. The van der Waals surface area contributed by atoms with Crippen LogP contribution in [0.1, 0.15) is 45.4 Å². The summed E-state index contributed by atoms with van der Waals surface area (Å²) in [7, 11) is 0. The number of carboxylic acid groups (broad SMARTS) is 1. The SMILES string of the molecule is CC(C)c1cnc(NC(=O)c2ccc(O)c(C(=O)O)c2)s1. The summed E-state index contributed by atoms with van der Waals surface area (Å²) in [4.78, 5) is 28.1. The molecule has 0 unspecified atom stereocenters. The summed E-state index contributed by atoms with van der Waals surface area (Å²) in [5.41, 5.74) is -0.170. The van der Waals surface area contributed by atoms with Gasteiger partial charge in [-0.05, 0) is 24.1 Å². The standard InChI is InChI=1S/C14H14N2O4S/c1-7(2)11-6-15-14(21-11)16-12(18)8-3-4-10(17)9(5-8)13(19)20/h3-7,17H,1-2H3,(H,19,20)(H,15,16,18). The van der Waals surface area contributed by atoms with Gasteiger partial charge in [-0.1, -0.05) is 13.8 Å². The summed E-state index contributed by atoms with van der Waals surface area (Å²) in [6.45, 7) is 4.05. The van der Waals surface area contributed by atoms with Crippen LogP contribution in [0.5, 0.6) is 5.75 Å². The Hall–Kier alpha value is -2.41. The van der Waals surface area contributed by atoms with Gasteiger partial charge in [0, 0.05) is 16.6 Å². The van der Waals surface area contributed by atoms with E-state index in [2.05, 4.69) is 10.3 Å². The highest BCUT2D eigenvalue weighted by Crippen LogP contribution is 2.26. The van der Waals surface area contributed by atoms with Gasteiger partial charge in [0.2, 0.25) is 0 Å². The monoisotopic (exact) mass is 306 g/mol. The highest BCUT2D eigenvalue weighted by molar-refractivity contribution is 7.15. The summed E-state index contributed by atoms with van der Waals surface area (Å²) in [5, 5.41) is 21.4. The molecule has 7 heteroatoms. The first-order chi connectivity index (χ1) is 9.88. The van der Waals surface area contributed by atoms with Crippen LogP contribution in [0.4, 0.5) is 5.13 Å². The molecule has 0 atom stereocenters. The van der Waals surface area contributed by atoms with Crippen LogP contribution in [-0.2, 0) is 0 Å². The van der Waals surface area contributed by atoms with Crippen molar-refractivity contribution in [2.24, 2.45) is 0 Å². The number of benzene rings is 1. The Balaban J connectivity index is 2.20. The van der Waals surface area contributed by atoms with Crippen LogP contribution in [0.25, 0.3) is 0 Å². The molecule has 3 N–H and O–H groups in total. The summed E-state index contributed by atoms with van der Waals surface area (Å²) in [6.07, 6.45) is 1.70. The Bertz CT molecular complexity index is 694. The molecule has 0 saturated heterocycles. The normalized spacial score (nSPS) is 10.6. The number of nitrogens with zero attached hydrogens (tertiary/aromatic N) is 1. The molecule has 0 fully saturated rings. The van der Waals surface area contributed by atoms with Crippen molar-refractivity contribution in [3.63, 3.8) is 0 Å². The van der Waals surface area contributed by atoms with Gasteiger partial charge >= 0.3 is 5.97 Å². The zero-order valence-corrected chi connectivity index (χ0v) is 12.3. The molecular weight excluding hydrogens is 292 g/mol. The van der Waals surface area contributed by atoms with Crippen molar-refractivity contribution >= 4 is 28.3 Å². The maximum atomic E-state index is 12.1. The second-order valence-corrected chi connectivity index (χ2v) is 5.78. The predicted molar refractivity (Wildman–Crippen MR) is 79.2 cm³/mol. The predicted octanol–water partition coefficient (Wildman–Crippen LogP) is 2.92. The van der Waals surface area contributed by atoms with Crippen molar-refractivity contribution in [1.29, 1.82) is 0 Å². The van der Waals surface area contributed by atoms with E-state index < -0.39 is 11.9 Å². The number of carbonyl (C=O) groups excluding carboxylic acids is 1. The molecule has 0 aliphatic heterocycles. The number of rotatable bonds is 4. The molecule has 1 amide bonds. The number of thiazole rings is 1. The van der Waals surface area contributed by atoms with Crippen molar-refractivity contribution in [3.05, 3.63) is 40.4 Å². The van der Waals surface area contributed by atoms with E-state index in [9.17, 15) is 14.7 Å². The van der Waals surface area contributed by atoms with Gasteiger partial charge in [0.25, 0.3) is 5.91 Å². The lowest BCUT2D eigenvalue weighted by Crippen LogP contribution is -2.12. The van der Waals surface area contributed by atoms with E-state index in [-0.39, 0.29) is 16.9 Å². The second-order valence-electron chi connectivity index (χ2n) is 4.71. The Morgan fingerprint density at radius 3 is 2.62 bits per heavy atom. The first-order valence-electron chi connectivity index (χ1n) is 6.22. The Morgan fingerprint density at radius 1 is 1.33 bits per heavy atom. The van der Waals surface area contributed by atoms with Gasteiger partial charge in [-0.25, -0.2) is 9.78 Å². The number of aromatic nitrogens is 1. The van der Waals surface area contributed by atoms with E-state index in [1.165, 1.54) is 23.5 Å². The lowest BCUT2D eigenvalue weighted by atomic mass is 10.1. The van der Waals surface area contributed by atoms with E-state index in [0.29, 0.717) is 11.0 Å². The maximum Gasteiger partial charge on any atom is 0.339 e. The van der Waals surface area contributed by atoms with Crippen LogP contribution in [0.2, 0.25) is 0 Å². The molecule has 0 aliphatic rings. The van der Waals surface area contributed by atoms with Gasteiger partial charge in [0.1, 0.15) is 11.3 Å². The molecule has 110 valence electrons. The number of amides is 1. The Morgan fingerprint density at radius 2 is 2.05 bits per heavy atom. The third kappa shape index (κ3) is 3.38. The first-order valence-corrected chi connectivity index (χ1v) is 7.03. The van der Waals surface area contributed by atoms with Crippen LogP contribution < -0.4 is 5.32 Å². The molecule has 2 aromatic rings. The number of carboxylic acids is 1. The van der Waals surface area contributed by atoms with E-state index in [1.807, 2.05) is 13.8 Å². The van der Waals surface area contributed by atoms with Crippen LogP contribution in [0.15, 0.2) is 24.4 Å². The number of hydrogen-bond donors (Lipinski definition) is 3. The van der Waals surface area contributed by atoms with E-state index in [4.69, 9.17) is 5.11 Å². The van der Waals surface area contributed by atoms with Crippen molar-refractivity contribution in [2.45, 2.75) is 19.8 Å². The molecule has 1 heterocycles. The molecule has 21 heavy (non-hydrogen) atoms. The number of aromatic carboxylic acids is 1. The van der Waals surface area contributed by atoms with Crippen molar-refractivity contribution in [2.75, 3.05) is 5.32 Å².